The van der Waals surface area contributed by atoms with Crippen LogP contribution in [0.25, 0.3) is 0 Å². The average Bonchev–Trinajstić information content (AvgIpc) is 2.46. The monoisotopic (exact) mass is 288 g/mol. The number of nitro benzene ring substituents is 1. The number of hydrogen-bond acceptors (Lipinski definition) is 4. The van der Waals surface area contributed by atoms with Gasteiger partial charge in [0.1, 0.15) is 12.4 Å². The van der Waals surface area contributed by atoms with E-state index in [1.807, 2.05) is 6.07 Å². The molecule has 100 valence electrons. The zero-order chi connectivity index (χ0) is 14.5. The van der Waals surface area contributed by atoms with Gasteiger partial charge in [-0.1, -0.05) is 11.6 Å². The van der Waals surface area contributed by atoms with Gasteiger partial charge in [-0.15, -0.1) is 0 Å². The lowest BCUT2D eigenvalue weighted by Crippen LogP contribution is -1.97. The van der Waals surface area contributed by atoms with Crippen LogP contribution in [0.3, 0.4) is 0 Å². The zero-order valence-electron chi connectivity index (χ0n) is 10.2. The summed E-state index contributed by atoms with van der Waals surface area (Å²) >= 11 is 5.96. The maximum Gasteiger partial charge on any atom is 0.270 e. The van der Waals surface area contributed by atoms with Gasteiger partial charge < -0.3 is 4.74 Å². The van der Waals surface area contributed by atoms with E-state index in [1.54, 1.807) is 30.3 Å². The third kappa shape index (κ3) is 3.25. The van der Waals surface area contributed by atoms with Gasteiger partial charge in [-0.3, -0.25) is 10.1 Å². The highest BCUT2D eigenvalue weighted by Gasteiger charge is 2.09. The first kappa shape index (κ1) is 13.8. The molecule has 0 aliphatic rings. The fraction of sp³-hybridized carbons (Fsp3) is 0.0714. The fourth-order valence-corrected chi connectivity index (χ4v) is 1.78. The molecule has 2 rings (SSSR count). The van der Waals surface area contributed by atoms with E-state index in [4.69, 9.17) is 21.6 Å². The molecule has 0 heterocycles. The van der Waals surface area contributed by atoms with E-state index in [0.29, 0.717) is 16.9 Å². The number of ether oxygens (including phenoxy) is 1. The van der Waals surface area contributed by atoms with Crippen molar-refractivity contribution in [3.8, 4) is 11.8 Å². The zero-order valence-corrected chi connectivity index (χ0v) is 11.0. The van der Waals surface area contributed by atoms with E-state index < -0.39 is 4.92 Å². The molecule has 6 heteroatoms. The Kier molecular flexibility index (Phi) is 4.18. The Balaban J connectivity index is 2.07. The van der Waals surface area contributed by atoms with Crippen molar-refractivity contribution in [1.82, 2.24) is 0 Å². The van der Waals surface area contributed by atoms with E-state index in [9.17, 15) is 10.1 Å². The summed E-state index contributed by atoms with van der Waals surface area (Å²) in [6.07, 6.45) is 0. The molecule has 0 radical (unpaired) electrons. The SMILES string of the molecule is N#Cc1ccc(OCc2ccc([N+](=O)[O-])cc2Cl)cc1. The van der Waals surface area contributed by atoms with Crippen LogP contribution in [-0.4, -0.2) is 4.92 Å². The minimum Gasteiger partial charge on any atom is -0.489 e. The maximum absolute atomic E-state index is 10.6. The molecule has 0 atom stereocenters. The predicted octanol–water partition coefficient (Wildman–Crippen LogP) is 3.70. The average molecular weight is 289 g/mol. The van der Waals surface area contributed by atoms with Gasteiger partial charge in [-0.2, -0.15) is 5.26 Å². The lowest BCUT2D eigenvalue weighted by atomic mass is 10.2. The lowest BCUT2D eigenvalue weighted by molar-refractivity contribution is -0.384. The van der Waals surface area contributed by atoms with Crippen molar-refractivity contribution in [2.75, 3.05) is 0 Å². The van der Waals surface area contributed by atoms with Gasteiger partial charge >= 0.3 is 0 Å². The maximum atomic E-state index is 10.6. The van der Waals surface area contributed by atoms with Crippen molar-refractivity contribution in [3.63, 3.8) is 0 Å². The first-order valence-corrected chi connectivity index (χ1v) is 6.04. The molecule has 0 aliphatic heterocycles. The van der Waals surface area contributed by atoms with Crippen LogP contribution < -0.4 is 4.74 Å². The van der Waals surface area contributed by atoms with Crippen molar-refractivity contribution in [3.05, 3.63) is 68.7 Å². The molecule has 0 saturated carbocycles. The molecule has 2 aromatic rings. The molecular weight excluding hydrogens is 280 g/mol. The Hall–Kier alpha value is -2.58. The number of halogens is 1. The van der Waals surface area contributed by atoms with Crippen molar-refractivity contribution >= 4 is 17.3 Å². The third-order valence-electron chi connectivity index (χ3n) is 2.63. The molecule has 0 saturated heterocycles. The van der Waals surface area contributed by atoms with Gasteiger partial charge in [-0.05, 0) is 30.3 Å². The molecule has 0 N–H and O–H groups in total. The Bertz CT molecular complexity index is 678. The van der Waals surface area contributed by atoms with Crippen LogP contribution in [-0.2, 0) is 6.61 Å². The molecule has 0 spiro atoms. The van der Waals surface area contributed by atoms with Crippen LogP contribution in [0, 0.1) is 21.4 Å². The van der Waals surface area contributed by atoms with Gasteiger partial charge in [0.15, 0.2) is 0 Å². The number of nitro groups is 1. The van der Waals surface area contributed by atoms with Gasteiger partial charge in [-0.25, -0.2) is 0 Å². The molecule has 0 fully saturated rings. The van der Waals surface area contributed by atoms with Crippen LogP contribution in [0.15, 0.2) is 42.5 Å². The van der Waals surface area contributed by atoms with Crippen molar-refractivity contribution in [1.29, 1.82) is 5.26 Å². The Morgan fingerprint density at radius 2 is 1.95 bits per heavy atom. The lowest BCUT2D eigenvalue weighted by Gasteiger charge is -2.07. The molecule has 0 aromatic heterocycles. The quantitative estimate of drug-likeness (QED) is 0.635. The second kappa shape index (κ2) is 6.04. The molecular formula is C14H9ClN2O3. The summed E-state index contributed by atoms with van der Waals surface area (Å²) in [6, 6.07) is 12.9. The summed E-state index contributed by atoms with van der Waals surface area (Å²) in [6.45, 7) is 0.197. The Morgan fingerprint density at radius 1 is 1.25 bits per heavy atom. The Morgan fingerprint density at radius 3 is 2.50 bits per heavy atom. The van der Waals surface area contributed by atoms with Crippen LogP contribution in [0.5, 0.6) is 5.75 Å². The first-order valence-electron chi connectivity index (χ1n) is 5.66. The van der Waals surface area contributed by atoms with E-state index in [-0.39, 0.29) is 17.3 Å². The molecule has 0 amide bonds. The predicted molar refractivity (Wildman–Crippen MR) is 73.6 cm³/mol. The van der Waals surface area contributed by atoms with E-state index >= 15 is 0 Å². The summed E-state index contributed by atoms with van der Waals surface area (Å²) in [5, 5.41) is 19.6. The number of benzene rings is 2. The number of rotatable bonds is 4. The summed E-state index contributed by atoms with van der Waals surface area (Å²) in [5.74, 6) is 0.596. The largest absolute Gasteiger partial charge is 0.489 e. The molecule has 5 nitrogen and oxygen atoms in total. The van der Waals surface area contributed by atoms with Gasteiger partial charge in [0.05, 0.1) is 21.6 Å². The normalized spacial score (nSPS) is 9.80. The van der Waals surface area contributed by atoms with Crippen molar-refractivity contribution in [2.45, 2.75) is 6.61 Å². The summed E-state index contributed by atoms with van der Waals surface area (Å²) in [4.78, 5) is 10.1. The number of nitriles is 1. The van der Waals surface area contributed by atoms with Crippen LogP contribution in [0.1, 0.15) is 11.1 Å². The molecule has 20 heavy (non-hydrogen) atoms. The van der Waals surface area contributed by atoms with Gasteiger partial charge in [0.2, 0.25) is 0 Å². The van der Waals surface area contributed by atoms with Gasteiger partial charge in [0.25, 0.3) is 5.69 Å². The summed E-state index contributed by atoms with van der Waals surface area (Å²) in [5.41, 5.74) is 1.14. The third-order valence-corrected chi connectivity index (χ3v) is 2.98. The highest BCUT2D eigenvalue weighted by molar-refractivity contribution is 6.31. The van der Waals surface area contributed by atoms with E-state index in [1.165, 1.54) is 12.1 Å². The van der Waals surface area contributed by atoms with E-state index in [0.717, 1.165) is 0 Å². The molecule has 0 aliphatic carbocycles. The second-order valence-corrected chi connectivity index (χ2v) is 4.36. The van der Waals surface area contributed by atoms with Crippen molar-refractivity contribution in [2.24, 2.45) is 0 Å². The number of non-ortho nitro benzene ring substituents is 1. The number of hydrogen-bond donors (Lipinski definition) is 0. The molecule has 2 aromatic carbocycles. The second-order valence-electron chi connectivity index (χ2n) is 3.96. The van der Waals surface area contributed by atoms with E-state index in [2.05, 4.69) is 0 Å². The smallest absolute Gasteiger partial charge is 0.270 e. The highest BCUT2D eigenvalue weighted by atomic mass is 35.5. The number of nitrogens with zero attached hydrogens (tertiary/aromatic N) is 2. The standard InChI is InChI=1S/C14H9ClN2O3/c15-14-7-12(17(18)19)4-3-11(14)9-20-13-5-1-10(8-16)2-6-13/h1-7H,9H2. The van der Waals surface area contributed by atoms with Crippen LogP contribution in [0.4, 0.5) is 5.69 Å². The van der Waals surface area contributed by atoms with Crippen LogP contribution >= 0.6 is 11.6 Å². The van der Waals surface area contributed by atoms with Crippen LogP contribution in [0.2, 0.25) is 5.02 Å². The molecule has 0 bridgehead atoms. The minimum absolute atomic E-state index is 0.0582. The van der Waals surface area contributed by atoms with Gasteiger partial charge in [0, 0.05) is 17.7 Å². The molecule has 0 unspecified atom stereocenters. The summed E-state index contributed by atoms with van der Waals surface area (Å²) in [7, 11) is 0. The van der Waals surface area contributed by atoms with Crippen molar-refractivity contribution < 1.29 is 9.66 Å². The summed E-state index contributed by atoms with van der Waals surface area (Å²) < 4.78 is 5.51. The minimum atomic E-state index is -0.503. The fourth-order valence-electron chi connectivity index (χ4n) is 1.55. The highest BCUT2D eigenvalue weighted by Crippen LogP contribution is 2.24. The first-order chi connectivity index (χ1) is 9.60. The Labute approximate surface area is 120 Å². The topological polar surface area (TPSA) is 76.2 Å².